The van der Waals surface area contributed by atoms with Crippen LogP contribution in [0.1, 0.15) is 6.92 Å². The molecule has 1 N–H and O–H groups in total. The van der Waals surface area contributed by atoms with Gasteiger partial charge in [0.1, 0.15) is 11.5 Å². The van der Waals surface area contributed by atoms with Crippen molar-refractivity contribution in [1.29, 1.82) is 0 Å². The van der Waals surface area contributed by atoms with Crippen LogP contribution in [0.2, 0.25) is 0 Å². The van der Waals surface area contributed by atoms with E-state index in [1.807, 2.05) is 43.3 Å². The van der Waals surface area contributed by atoms with Crippen molar-refractivity contribution in [3.63, 3.8) is 0 Å². The Hall–Kier alpha value is -1.53. The van der Waals surface area contributed by atoms with Gasteiger partial charge < -0.3 is 14.8 Å². The van der Waals surface area contributed by atoms with Gasteiger partial charge in [0.05, 0.1) is 21.2 Å². The molecule has 0 spiro atoms. The van der Waals surface area contributed by atoms with Crippen molar-refractivity contribution in [3.8, 4) is 11.5 Å². The number of benzene rings is 2. The number of hydrogen-bond acceptors (Lipinski definition) is 3. The second kappa shape index (κ2) is 8.19. The molecule has 2 rings (SSSR count). The quantitative estimate of drug-likeness (QED) is 0.729. The second-order valence-electron chi connectivity index (χ2n) is 4.32. The van der Waals surface area contributed by atoms with Crippen LogP contribution in [-0.2, 0) is 4.79 Å². The minimum absolute atomic E-state index is 0.0956. The molecule has 0 aliphatic heterocycles. The third kappa shape index (κ3) is 4.48. The average Bonchev–Trinajstić information content (AvgIpc) is 2.49. The fourth-order valence-electron chi connectivity index (χ4n) is 1.80. The number of carbonyl (C=O) groups is 1. The Morgan fingerprint density at radius 3 is 2.41 bits per heavy atom. The molecule has 0 saturated carbocycles. The summed E-state index contributed by atoms with van der Waals surface area (Å²) >= 11 is 6.78. The van der Waals surface area contributed by atoms with Crippen LogP contribution < -0.4 is 14.8 Å². The number of rotatable bonds is 6. The molecule has 0 bridgehead atoms. The topological polar surface area (TPSA) is 47.6 Å². The van der Waals surface area contributed by atoms with E-state index in [1.54, 1.807) is 6.07 Å². The molecule has 0 radical (unpaired) electrons. The zero-order valence-electron chi connectivity index (χ0n) is 11.9. The first-order valence-electron chi connectivity index (χ1n) is 6.70. The largest absolute Gasteiger partial charge is 0.492 e. The van der Waals surface area contributed by atoms with Crippen LogP contribution in [0.4, 0.5) is 5.69 Å². The van der Waals surface area contributed by atoms with Crippen LogP contribution in [0.25, 0.3) is 0 Å². The monoisotopic (exact) mass is 427 g/mol. The lowest BCUT2D eigenvalue weighted by Gasteiger charge is -2.13. The molecule has 0 aliphatic rings. The molecule has 6 heteroatoms. The number of halogens is 2. The van der Waals surface area contributed by atoms with Crippen LogP contribution >= 0.6 is 31.9 Å². The van der Waals surface area contributed by atoms with Gasteiger partial charge in [0, 0.05) is 0 Å². The summed E-state index contributed by atoms with van der Waals surface area (Å²) in [6.45, 7) is 2.33. The molecule has 0 heterocycles. The highest BCUT2D eigenvalue weighted by molar-refractivity contribution is 9.11. The van der Waals surface area contributed by atoms with E-state index >= 15 is 0 Å². The maximum Gasteiger partial charge on any atom is 0.262 e. The number of amides is 1. The van der Waals surface area contributed by atoms with Gasteiger partial charge in [0.15, 0.2) is 6.61 Å². The highest BCUT2D eigenvalue weighted by atomic mass is 79.9. The van der Waals surface area contributed by atoms with Crippen molar-refractivity contribution in [3.05, 3.63) is 51.4 Å². The Balaban J connectivity index is 1.99. The fraction of sp³-hybridized carbons (Fsp3) is 0.188. The predicted molar refractivity (Wildman–Crippen MR) is 93.6 cm³/mol. The average molecular weight is 429 g/mol. The Labute approximate surface area is 146 Å². The van der Waals surface area contributed by atoms with Gasteiger partial charge in [-0.25, -0.2) is 0 Å². The van der Waals surface area contributed by atoms with E-state index in [9.17, 15) is 4.79 Å². The molecule has 22 heavy (non-hydrogen) atoms. The lowest BCUT2D eigenvalue weighted by Crippen LogP contribution is -2.20. The molecule has 0 fully saturated rings. The van der Waals surface area contributed by atoms with Crippen LogP contribution in [0.15, 0.2) is 51.4 Å². The molecule has 0 aromatic heterocycles. The van der Waals surface area contributed by atoms with Crippen molar-refractivity contribution < 1.29 is 14.3 Å². The number of nitrogens with one attached hydrogen (secondary N) is 1. The van der Waals surface area contributed by atoms with Crippen LogP contribution in [0, 0.1) is 0 Å². The van der Waals surface area contributed by atoms with Crippen molar-refractivity contribution in [1.82, 2.24) is 0 Å². The van der Waals surface area contributed by atoms with Crippen molar-refractivity contribution in [2.45, 2.75) is 6.92 Å². The first-order valence-corrected chi connectivity index (χ1v) is 8.29. The van der Waals surface area contributed by atoms with E-state index in [-0.39, 0.29) is 12.5 Å². The lowest BCUT2D eigenvalue weighted by atomic mass is 10.3. The first-order chi connectivity index (χ1) is 10.6. The molecular weight excluding hydrogens is 414 g/mol. The van der Waals surface area contributed by atoms with Gasteiger partial charge in [0.25, 0.3) is 5.91 Å². The van der Waals surface area contributed by atoms with Crippen LogP contribution in [-0.4, -0.2) is 19.1 Å². The first kappa shape index (κ1) is 16.8. The van der Waals surface area contributed by atoms with Crippen molar-refractivity contribution >= 4 is 43.5 Å². The lowest BCUT2D eigenvalue weighted by molar-refractivity contribution is -0.118. The van der Waals surface area contributed by atoms with Crippen molar-refractivity contribution in [2.75, 3.05) is 18.5 Å². The Bertz CT molecular complexity index is 641. The van der Waals surface area contributed by atoms with Gasteiger partial charge in [0.2, 0.25) is 0 Å². The summed E-state index contributed by atoms with van der Waals surface area (Å²) in [4.78, 5) is 12.0. The number of ether oxygens (including phenoxy) is 2. The zero-order valence-corrected chi connectivity index (χ0v) is 15.1. The van der Waals surface area contributed by atoms with Gasteiger partial charge in [-0.2, -0.15) is 0 Å². The van der Waals surface area contributed by atoms with Gasteiger partial charge in [-0.15, -0.1) is 0 Å². The van der Waals surface area contributed by atoms with E-state index < -0.39 is 0 Å². The van der Waals surface area contributed by atoms with E-state index in [1.165, 1.54) is 0 Å². The Morgan fingerprint density at radius 2 is 1.73 bits per heavy atom. The van der Waals surface area contributed by atoms with Crippen LogP contribution in [0.3, 0.4) is 0 Å². The van der Waals surface area contributed by atoms with Crippen LogP contribution in [0.5, 0.6) is 11.5 Å². The van der Waals surface area contributed by atoms with E-state index in [0.717, 1.165) is 8.95 Å². The molecule has 0 unspecified atom stereocenters. The molecule has 2 aromatic rings. The predicted octanol–water partition coefficient (Wildman–Crippen LogP) is 4.63. The number of hydrogen-bond donors (Lipinski definition) is 1. The molecule has 0 atom stereocenters. The number of para-hydroxylation sites is 3. The minimum atomic E-state index is -0.255. The Morgan fingerprint density at radius 1 is 1.05 bits per heavy atom. The van der Waals surface area contributed by atoms with Crippen molar-refractivity contribution in [2.24, 2.45) is 0 Å². The fourth-order valence-corrected chi connectivity index (χ4v) is 3.02. The van der Waals surface area contributed by atoms with E-state index in [4.69, 9.17) is 9.47 Å². The minimum Gasteiger partial charge on any atom is -0.492 e. The summed E-state index contributed by atoms with van der Waals surface area (Å²) in [5, 5.41) is 2.78. The molecule has 0 aliphatic carbocycles. The summed E-state index contributed by atoms with van der Waals surface area (Å²) in [5.41, 5.74) is 0.629. The molecule has 4 nitrogen and oxygen atoms in total. The molecule has 116 valence electrons. The Kier molecular flexibility index (Phi) is 6.27. The van der Waals surface area contributed by atoms with E-state index in [0.29, 0.717) is 23.8 Å². The van der Waals surface area contributed by atoms with Gasteiger partial charge in [-0.05, 0) is 63.0 Å². The molecule has 2 aromatic carbocycles. The summed E-state index contributed by atoms with van der Waals surface area (Å²) < 4.78 is 12.6. The maximum atomic E-state index is 12.0. The van der Waals surface area contributed by atoms with Gasteiger partial charge in [-0.1, -0.05) is 18.2 Å². The number of carbonyl (C=O) groups excluding carboxylic acids is 1. The third-order valence-corrected chi connectivity index (χ3v) is 3.98. The van der Waals surface area contributed by atoms with Gasteiger partial charge in [-0.3, -0.25) is 4.79 Å². The standard InChI is InChI=1S/C16H15Br2NO3/c1-2-21-14-9-4-3-8-13(14)19-15(20)10-22-16-11(17)6-5-7-12(16)18/h3-9H,2,10H2,1H3,(H,19,20). The van der Waals surface area contributed by atoms with Gasteiger partial charge >= 0.3 is 0 Å². The number of anilines is 1. The highest BCUT2D eigenvalue weighted by Crippen LogP contribution is 2.33. The normalized spacial score (nSPS) is 10.1. The molecule has 0 saturated heterocycles. The zero-order chi connectivity index (χ0) is 15.9. The SMILES string of the molecule is CCOc1ccccc1NC(=O)COc1c(Br)cccc1Br. The third-order valence-electron chi connectivity index (χ3n) is 2.73. The summed E-state index contributed by atoms with van der Waals surface area (Å²) in [6.07, 6.45) is 0. The second-order valence-corrected chi connectivity index (χ2v) is 6.03. The smallest absolute Gasteiger partial charge is 0.262 e. The highest BCUT2D eigenvalue weighted by Gasteiger charge is 2.11. The summed E-state index contributed by atoms with van der Waals surface area (Å²) in [7, 11) is 0. The summed E-state index contributed by atoms with van der Waals surface area (Å²) in [5.74, 6) is 0.978. The summed E-state index contributed by atoms with van der Waals surface area (Å²) in [6, 6.07) is 12.9. The van der Waals surface area contributed by atoms with E-state index in [2.05, 4.69) is 37.2 Å². The molecular formula is C16H15Br2NO3. The molecule has 1 amide bonds. The maximum absolute atomic E-state index is 12.0.